The summed E-state index contributed by atoms with van der Waals surface area (Å²) < 4.78 is 0. The normalized spacial score (nSPS) is 12.0. The van der Waals surface area contributed by atoms with E-state index in [1.165, 1.54) is 11.8 Å². The van der Waals surface area contributed by atoms with Crippen LogP contribution in [0.25, 0.3) is 0 Å². The summed E-state index contributed by atoms with van der Waals surface area (Å²) in [5.74, 6) is -1.10. The Labute approximate surface area is 131 Å². The van der Waals surface area contributed by atoms with Crippen LogP contribution in [-0.2, 0) is 9.59 Å². The highest BCUT2D eigenvalue weighted by atomic mass is 35.5. The molecular formula is C13H15Cl2NO3S. The third-order valence-electron chi connectivity index (χ3n) is 2.57. The highest BCUT2D eigenvalue weighted by molar-refractivity contribution is 8.00. The van der Waals surface area contributed by atoms with E-state index in [9.17, 15) is 9.59 Å². The van der Waals surface area contributed by atoms with Crippen LogP contribution in [0.3, 0.4) is 0 Å². The molecule has 4 nitrogen and oxygen atoms in total. The number of thioether (sulfide) groups is 1. The molecule has 0 saturated heterocycles. The van der Waals surface area contributed by atoms with Crippen LogP contribution in [0.4, 0.5) is 5.69 Å². The summed E-state index contributed by atoms with van der Waals surface area (Å²) in [5.41, 5.74) is 1.21. The fraction of sp³-hybridized carbons (Fsp3) is 0.385. The standard InChI is InChI=1S/C13H15Cl2NO3S/c1-7-3-4-9(14)12(11(7)15)16-10(17)6-20-5-8(2)13(18)19/h3-4,8H,5-6H2,1-2H3,(H,16,17)(H,18,19). The van der Waals surface area contributed by atoms with Gasteiger partial charge in [0.15, 0.2) is 0 Å². The molecule has 0 saturated carbocycles. The highest BCUT2D eigenvalue weighted by Gasteiger charge is 2.14. The fourth-order valence-electron chi connectivity index (χ4n) is 1.35. The van der Waals surface area contributed by atoms with Crippen LogP contribution in [0.2, 0.25) is 10.0 Å². The molecule has 0 aliphatic carbocycles. The number of hydrogen-bond acceptors (Lipinski definition) is 3. The van der Waals surface area contributed by atoms with E-state index in [0.29, 0.717) is 21.5 Å². The van der Waals surface area contributed by atoms with Gasteiger partial charge < -0.3 is 10.4 Å². The van der Waals surface area contributed by atoms with Gasteiger partial charge in [0.2, 0.25) is 5.91 Å². The molecule has 20 heavy (non-hydrogen) atoms. The number of rotatable bonds is 6. The topological polar surface area (TPSA) is 66.4 Å². The third kappa shape index (κ3) is 4.89. The van der Waals surface area contributed by atoms with Crippen LogP contribution < -0.4 is 5.32 Å². The molecule has 0 aliphatic rings. The quantitative estimate of drug-likeness (QED) is 0.831. The molecule has 1 unspecified atom stereocenters. The summed E-state index contributed by atoms with van der Waals surface area (Å²) in [7, 11) is 0. The molecule has 1 amide bonds. The third-order valence-corrected chi connectivity index (χ3v) is 4.58. The molecule has 1 aromatic carbocycles. The molecule has 0 aromatic heterocycles. The first kappa shape index (κ1) is 17.1. The van der Waals surface area contributed by atoms with Crippen molar-refractivity contribution in [3.05, 3.63) is 27.7 Å². The lowest BCUT2D eigenvalue weighted by atomic mass is 10.2. The van der Waals surface area contributed by atoms with Gasteiger partial charge in [-0.15, -0.1) is 0 Å². The predicted octanol–water partition coefficient (Wildman–Crippen LogP) is 3.69. The van der Waals surface area contributed by atoms with Crippen molar-refractivity contribution < 1.29 is 14.7 Å². The Hall–Kier alpha value is -0.910. The van der Waals surface area contributed by atoms with Crippen molar-refractivity contribution in [1.29, 1.82) is 0 Å². The lowest BCUT2D eigenvalue weighted by molar-refractivity contribution is -0.140. The average molecular weight is 336 g/mol. The van der Waals surface area contributed by atoms with Crippen molar-refractivity contribution in [3.8, 4) is 0 Å². The first-order valence-electron chi connectivity index (χ1n) is 5.88. The van der Waals surface area contributed by atoms with Crippen LogP contribution in [0.15, 0.2) is 12.1 Å². The number of anilines is 1. The summed E-state index contributed by atoms with van der Waals surface area (Å²) in [6, 6.07) is 3.43. The van der Waals surface area contributed by atoms with Gasteiger partial charge >= 0.3 is 5.97 Å². The lowest BCUT2D eigenvalue weighted by Crippen LogP contribution is -2.17. The Bertz CT molecular complexity index is 523. The van der Waals surface area contributed by atoms with Crippen molar-refractivity contribution >= 4 is 52.5 Å². The zero-order valence-electron chi connectivity index (χ0n) is 11.1. The zero-order valence-corrected chi connectivity index (χ0v) is 13.4. The number of benzene rings is 1. The van der Waals surface area contributed by atoms with Gasteiger partial charge in [-0.25, -0.2) is 0 Å². The van der Waals surface area contributed by atoms with Gasteiger partial charge in [0.25, 0.3) is 0 Å². The Morgan fingerprint density at radius 1 is 1.40 bits per heavy atom. The number of carboxylic acid groups (broad SMARTS) is 1. The fourth-order valence-corrected chi connectivity index (χ4v) is 2.68. The molecule has 0 aliphatic heterocycles. The number of aryl methyl sites for hydroxylation is 1. The van der Waals surface area contributed by atoms with Crippen LogP contribution in [0.1, 0.15) is 12.5 Å². The van der Waals surface area contributed by atoms with Crippen LogP contribution >= 0.6 is 35.0 Å². The van der Waals surface area contributed by atoms with Gasteiger partial charge in [-0.3, -0.25) is 9.59 Å². The zero-order chi connectivity index (χ0) is 15.3. The Balaban J connectivity index is 2.55. The molecule has 1 atom stereocenters. The summed E-state index contributed by atoms with van der Waals surface area (Å²) in [6.07, 6.45) is 0. The van der Waals surface area contributed by atoms with Crippen molar-refractivity contribution in [2.75, 3.05) is 16.8 Å². The molecule has 0 bridgehead atoms. The van der Waals surface area contributed by atoms with Crippen LogP contribution in [-0.4, -0.2) is 28.5 Å². The molecule has 0 radical (unpaired) electrons. The van der Waals surface area contributed by atoms with Gasteiger partial charge in [0, 0.05) is 5.75 Å². The molecule has 0 fully saturated rings. The summed E-state index contributed by atoms with van der Waals surface area (Å²) in [6.45, 7) is 3.42. The van der Waals surface area contributed by atoms with Gasteiger partial charge in [-0.05, 0) is 18.6 Å². The minimum atomic E-state index is -0.873. The Morgan fingerprint density at radius 3 is 2.65 bits per heavy atom. The van der Waals surface area contributed by atoms with E-state index >= 15 is 0 Å². The van der Waals surface area contributed by atoms with E-state index < -0.39 is 11.9 Å². The van der Waals surface area contributed by atoms with Gasteiger partial charge in [0.05, 0.1) is 27.4 Å². The average Bonchev–Trinajstić information content (AvgIpc) is 2.39. The Morgan fingerprint density at radius 2 is 2.05 bits per heavy atom. The molecular weight excluding hydrogens is 321 g/mol. The largest absolute Gasteiger partial charge is 0.481 e. The van der Waals surface area contributed by atoms with E-state index in [4.69, 9.17) is 28.3 Å². The minimum absolute atomic E-state index is 0.151. The molecule has 0 spiro atoms. The number of hydrogen-bond donors (Lipinski definition) is 2. The van der Waals surface area contributed by atoms with Crippen LogP contribution in [0.5, 0.6) is 0 Å². The molecule has 2 N–H and O–H groups in total. The number of halogens is 2. The second kappa shape index (κ2) is 7.76. The van der Waals surface area contributed by atoms with Crippen molar-refractivity contribution in [2.24, 2.45) is 5.92 Å². The maximum Gasteiger partial charge on any atom is 0.307 e. The molecule has 1 rings (SSSR count). The van der Waals surface area contributed by atoms with E-state index in [-0.39, 0.29) is 11.7 Å². The van der Waals surface area contributed by atoms with E-state index in [1.807, 2.05) is 6.92 Å². The molecule has 110 valence electrons. The maximum atomic E-state index is 11.8. The lowest BCUT2D eigenvalue weighted by Gasteiger charge is -2.11. The smallest absolute Gasteiger partial charge is 0.307 e. The summed E-state index contributed by atoms with van der Waals surface area (Å²) >= 11 is 13.3. The monoisotopic (exact) mass is 335 g/mol. The molecule has 0 heterocycles. The van der Waals surface area contributed by atoms with Crippen molar-refractivity contribution in [3.63, 3.8) is 0 Å². The number of amides is 1. The SMILES string of the molecule is Cc1ccc(Cl)c(NC(=O)CSCC(C)C(=O)O)c1Cl. The number of carbonyl (C=O) groups excluding carboxylic acids is 1. The Kier molecular flexibility index (Phi) is 6.65. The van der Waals surface area contributed by atoms with Crippen molar-refractivity contribution in [2.45, 2.75) is 13.8 Å². The highest BCUT2D eigenvalue weighted by Crippen LogP contribution is 2.32. The number of aliphatic carboxylic acids is 1. The van der Waals surface area contributed by atoms with Gasteiger partial charge in [0.1, 0.15) is 0 Å². The van der Waals surface area contributed by atoms with Crippen molar-refractivity contribution in [1.82, 2.24) is 0 Å². The molecule has 7 heteroatoms. The second-order valence-electron chi connectivity index (χ2n) is 4.36. The summed E-state index contributed by atoms with van der Waals surface area (Å²) in [5, 5.41) is 12.2. The number of carbonyl (C=O) groups is 2. The van der Waals surface area contributed by atoms with Crippen LogP contribution in [0, 0.1) is 12.8 Å². The number of nitrogens with one attached hydrogen (secondary N) is 1. The van der Waals surface area contributed by atoms with Gasteiger partial charge in [-0.1, -0.05) is 36.2 Å². The maximum absolute atomic E-state index is 11.8. The predicted molar refractivity (Wildman–Crippen MR) is 84.0 cm³/mol. The first-order chi connectivity index (χ1) is 9.32. The van der Waals surface area contributed by atoms with E-state index in [0.717, 1.165) is 5.56 Å². The second-order valence-corrected chi connectivity index (χ2v) is 6.17. The summed E-state index contributed by atoms with van der Waals surface area (Å²) in [4.78, 5) is 22.4. The van der Waals surface area contributed by atoms with Gasteiger partial charge in [-0.2, -0.15) is 11.8 Å². The minimum Gasteiger partial charge on any atom is -0.481 e. The number of carboxylic acids is 1. The first-order valence-corrected chi connectivity index (χ1v) is 7.79. The molecule has 1 aromatic rings. The van der Waals surface area contributed by atoms with E-state index in [2.05, 4.69) is 5.32 Å². The van der Waals surface area contributed by atoms with E-state index in [1.54, 1.807) is 19.1 Å².